The molecule has 1 unspecified atom stereocenters. The zero-order valence-corrected chi connectivity index (χ0v) is 19.0. The number of furan rings is 1. The average molecular weight is 487 g/mol. The van der Waals surface area contributed by atoms with Gasteiger partial charge in [-0.1, -0.05) is 6.92 Å². The third-order valence-corrected chi connectivity index (χ3v) is 5.48. The number of aliphatic carboxylic acids is 1. The maximum absolute atomic E-state index is 11.9. The Morgan fingerprint density at radius 3 is 2.55 bits per heavy atom. The lowest BCUT2D eigenvalue weighted by Crippen LogP contribution is -2.51. The van der Waals surface area contributed by atoms with Crippen LogP contribution in [0.25, 0.3) is 0 Å². The highest BCUT2D eigenvalue weighted by molar-refractivity contribution is 7.86. The first-order chi connectivity index (χ1) is 15.7. The van der Waals surface area contributed by atoms with Gasteiger partial charge in [0.25, 0.3) is 10.1 Å². The standard InChI is InChI=1S/C16H24N6O5S.C3H6O2/c23-9-13-2-1-12(27-13)7-19-15-14(8-18-10-20-15)22-16(28(24,25)26)21-11-3-5-17-6-4-11;1-2-3(4)5/h1-2,8,10-11,16-17,21-23H,3-7,9H2,(H,18,19,20)(H,24,25,26);2H2,1H3,(H,4,5). The number of rotatable bonds is 10. The molecule has 0 saturated carbocycles. The van der Waals surface area contributed by atoms with Gasteiger partial charge in [0.1, 0.15) is 24.5 Å². The Balaban J connectivity index is 0.000000696. The Kier molecular flexibility index (Phi) is 10.5. The Bertz CT molecular complexity index is 979. The molecule has 3 heterocycles. The summed E-state index contributed by atoms with van der Waals surface area (Å²) in [6, 6.07) is 3.32. The van der Waals surface area contributed by atoms with Gasteiger partial charge in [-0.3, -0.25) is 14.7 Å². The fourth-order valence-electron chi connectivity index (χ4n) is 2.90. The summed E-state index contributed by atoms with van der Waals surface area (Å²) in [5, 5.41) is 28.7. The summed E-state index contributed by atoms with van der Waals surface area (Å²) >= 11 is 0. The zero-order valence-electron chi connectivity index (χ0n) is 18.2. The number of nitrogens with zero attached hydrogens (tertiary/aromatic N) is 2. The Morgan fingerprint density at radius 2 is 1.97 bits per heavy atom. The van der Waals surface area contributed by atoms with Crippen LogP contribution in [0.4, 0.5) is 11.5 Å². The third-order valence-electron chi connectivity index (χ3n) is 4.63. The van der Waals surface area contributed by atoms with Gasteiger partial charge in [0, 0.05) is 12.5 Å². The summed E-state index contributed by atoms with van der Waals surface area (Å²) in [5.74, 6) is 0.617. The van der Waals surface area contributed by atoms with Crippen molar-refractivity contribution in [3.05, 3.63) is 36.2 Å². The first-order valence-electron chi connectivity index (χ1n) is 10.4. The van der Waals surface area contributed by atoms with Crippen LogP contribution in [-0.4, -0.2) is 63.8 Å². The van der Waals surface area contributed by atoms with E-state index in [2.05, 4.69) is 31.2 Å². The SMILES string of the molecule is CCC(=O)O.O=S(=O)(O)C(Nc1cncnc1NCc1ccc(CO)o1)NC1CCNCC1. The number of carboxylic acid groups (broad SMARTS) is 1. The molecule has 2 aromatic heterocycles. The summed E-state index contributed by atoms with van der Waals surface area (Å²) in [6.07, 6.45) is 4.45. The first-order valence-corrected chi connectivity index (χ1v) is 11.9. The zero-order chi connectivity index (χ0) is 24.3. The van der Waals surface area contributed by atoms with Gasteiger partial charge in [-0.05, 0) is 38.1 Å². The van der Waals surface area contributed by atoms with Gasteiger partial charge in [-0.15, -0.1) is 0 Å². The molecule has 0 amide bonds. The fourth-order valence-corrected chi connectivity index (χ4v) is 3.54. The van der Waals surface area contributed by atoms with Crippen molar-refractivity contribution >= 4 is 27.6 Å². The maximum atomic E-state index is 11.9. The summed E-state index contributed by atoms with van der Waals surface area (Å²) in [6.45, 7) is 3.22. The lowest BCUT2D eigenvalue weighted by molar-refractivity contribution is -0.136. The minimum atomic E-state index is -4.42. The molecule has 2 aromatic rings. The predicted molar refractivity (Wildman–Crippen MR) is 120 cm³/mol. The highest BCUT2D eigenvalue weighted by atomic mass is 32.2. The normalized spacial score (nSPS) is 15.2. The molecule has 14 heteroatoms. The Hall–Kier alpha value is -2.78. The minimum Gasteiger partial charge on any atom is -0.481 e. The number of aliphatic hydroxyl groups excluding tert-OH is 1. The minimum absolute atomic E-state index is 0.0539. The van der Waals surface area contributed by atoms with Crippen LogP contribution in [0, 0.1) is 0 Å². The quantitative estimate of drug-likeness (QED) is 0.182. The molecule has 1 saturated heterocycles. The molecule has 1 aliphatic heterocycles. The molecule has 33 heavy (non-hydrogen) atoms. The number of hydrogen-bond donors (Lipinski definition) is 7. The van der Waals surface area contributed by atoms with E-state index < -0.39 is 21.6 Å². The van der Waals surface area contributed by atoms with Gasteiger partial charge in [0.05, 0.1) is 18.4 Å². The van der Waals surface area contributed by atoms with E-state index in [9.17, 15) is 17.8 Å². The van der Waals surface area contributed by atoms with E-state index in [-0.39, 0.29) is 25.6 Å². The molecule has 184 valence electrons. The molecule has 1 aliphatic rings. The van der Waals surface area contributed by atoms with Crippen LogP contribution in [0.5, 0.6) is 0 Å². The lowest BCUT2D eigenvalue weighted by atomic mass is 10.1. The molecule has 3 rings (SSSR count). The summed E-state index contributed by atoms with van der Waals surface area (Å²) in [7, 11) is -4.42. The van der Waals surface area contributed by atoms with Crippen molar-refractivity contribution in [3.63, 3.8) is 0 Å². The second-order valence-corrected chi connectivity index (χ2v) is 8.64. The number of piperidine rings is 1. The number of hydrogen-bond acceptors (Lipinski definition) is 11. The molecule has 0 aromatic carbocycles. The molecule has 7 N–H and O–H groups in total. The molecular formula is C19H30N6O7S. The highest BCUT2D eigenvalue weighted by Gasteiger charge is 2.27. The van der Waals surface area contributed by atoms with Crippen LogP contribution in [0.2, 0.25) is 0 Å². The maximum Gasteiger partial charge on any atom is 0.303 e. The Morgan fingerprint density at radius 1 is 1.30 bits per heavy atom. The fraction of sp³-hybridized carbons (Fsp3) is 0.526. The van der Waals surface area contributed by atoms with Crippen LogP contribution in [0.15, 0.2) is 29.1 Å². The highest BCUT2D eigenvalue weighted by Crippen LogP contribution is 2.20. The molecule has 1 fully saturated rings. The Labute approximate surface area is 191 Å². The van der Waals surface area contributed by atoms with E-state index >= 15 is 0 Å². The van der Waals surface area contributed by atoms with Crippen molar-refractivity contribution in [2.75, 3.05) is 23.7 Å². The average Bonchev–Trinajstić information content (AvgIpc) is 3.26. The van der Waals surface area contributed by atoms with Crippen molar-refractivity contribution in [2.24, 2.45) is 0 Å². The molecule has 13 nitrogen and oxygen atoms in total. The van der Waals surface area contributed by atoms with E-state index in [0.717, 1.165) is 25.9 Å². The van der Waals surface area contributed by atoms with Crippen LogP contribution in [0.3, 0.4) is 0 Å². The van der Waals surface area contributed by atoms with E-state index in [0.29, 0.717) is 23.0 Å². The van der Waals surface area contributed by atoms with Gasteiger partial charge in [0.2, 0.25) is 5.50 Å². The molecule has 0 aliphatic carbocycles. The number of nitrogens with one attached hydrogen (secondary N) is 4. The van der Waals surface area contributed by atoms with Gasteiger partial charge in [-0.2, -0.15) is 8.42 Å². The molecule has 0 bridgehead atoms. The van der Waals surface area contributed by atoms with Crippen molar-refractivity contribution in [1.29, 1.82) is 0 Å². The number of aliphatic hydroxyl groups is 1. The van der Waals surface area contributed by atoms with Crippen molar-refractivity contribution in [2.45, 2.75) is 50.9 Å². The van der Waals surface area contributed by atoms with Crippen molar-refractivity contribution in [3.8, 4) is 0 Å². The van der Waals surface area contributed by atoms with Crippen LogP contribution in [0.1, 0.15) is 37.7 Å². The van der Waals surface area contributed by atoms with Gasteiger partial charge >= 0.3 is 5.97 Å². The number of carbonyl (C=O) groups is 1. The molecule has 1 atom stereocenters. The summed E-state index contributed by atoms with van der Waals surface area (Å²) in [5.41, 5.74) is -1.09. The summed E-state index contributed by atoms with van der Waals surface area (Å²) < 4.78 is 38.7. The van der Waals surface area contributed by atoms with Crippen LogP contribution in [-0.2, 0) is 28.1 Å². The van der Waals surface area contributed by atoms with Gasteiger partial charge in [-0.25, -0.2) is 9.97 Å². The molecule has 0 radical (unpaired) electrons. The van der Waals surface area contributed by atoms with E-state index in [1.807, 2.05) is 0 Å². The lowest BCUT2D eigenvalue weighted by Gasteiger charge is -2.28. The van der Waals surface area contributed by atoms with E-state index in [1.54, 1.807) is 19.1 Å². The summed E-state index contributed by atoms with van der Waals surface area (Å²) in [4.78, 5) is 17.4. The smallest absolute Gasteiger partial charge is 0.303 e. The third kappa shape index (κ3) is 9.31. The second-order valence-electron chi connectivity index (χ2n) is 7.14. The molecule has 0 spiro atoms. The van der Waals surface area contributed by atoms with Crippen molar-refractivity contribution < 1.29 is 32.4 Å². The van der Waals surface area contributed by atoms with Crippen LogP contribution >= 0.6 is 0 Å². The van der Waals surface area contributed by atoms with Gasteiger partial charge in [0.15, 0.2) is 5.82 Å². The van der Waals surface area contributed by atoms with E-state index in [1.165, 1.54) is 12.5 Å². The van der Waals surface area contributed by atoms with Gasteiger partial charge < -0.3 is 30.6 Å². The molecular weight excluding hydrogens is 456 g/mol. The topological polar surface area (TPSA) is 199 Å². The van der Waals surface area contributed by atoms with E-state index in [4.69, 9.17) is 14.6 Å². The monoisotopic (exact) mass is 486 g/mol. The largest absolute Gasteiger partial charge is 0.481 e. The number of aromatic nitrogens is 2. The number of anilines is 2. The van der Waals surface area contributed by atoms with Crippen LogP contribution < -0.4 is 21.3 Å². The predicted octanol–water partition coefficient (Wildman–Crippen LogP) is 0.580. The van der Waals surface area contributed by atoms with Crippen molar-refractivity contribution in [1.82, 2.24) is 20.6 Å². The first kappa shape index (κ1) is 26.5. The number of carboxylic acids is 1. The second kappa shape index (κ2) is 13.1.